The molecule has 6 heteroatoms. The molecule has 2 nitrogen and oxygen atoms in total. The van der Waals surface area contributed by atoms with E-state index < -0.39 is 5.77 Å². The topological polar surface area (TPSA) is 26.3 Å². The van der Waals surface area contributed by atoms with Crippen molar-refractivity contribution >= 4 is 29.4 Å². The molecule has 2 aromatic carbocycles. The van der Waals surface area contributed by atoms with Crippen LogP contribution in [0.25, 0.3) is 0 Å². The molecule has 0 amide bonds. The van der Waals surface area contributed by atoms with Gasteiger partial charge in [-0.25, -0.2) is 0 Å². The Morgan fingerprint density at radius 3 is 2.18 bits per heavy atom. The van der Waals surface area contributed by atoms with Crippen molar-refractivity contribution in [3.05, 3.63) is 59.7 Å². The number of hydrogen-bond acceptors (Lipinski definition) is 3. The molecule has 0 saturated heterocycles. The van der Waals surface area contributed by atoms with Gasteiger partial charge in [0.1, 0.15) is 5.75 Å². The van der Waals surface area contributed by atoms with Crippen molar-refractivity contribution < 1.29 is 28.6 Å². The number of rotatable bonds is 6. The fraction of sp³-hybridized carbons (Fsp3) is 0.250. The van der Waals surface area contributed by atoms with Crippen LogP contribution in [-0.2, 0) is 36.9 Å². The maximum absolute atomic E-state index is 12.7. The van der Waals surface area contributed by atoms with Crippen molar-refractivity contribution in [1.29, 1.82) is 0 Å². The van der Waals surface area contributed by atoms with Gasteiger partial charge in [-0.2, -0.15) is 0 Å². The van der Waals surface area contributed by atoms with Crippen LogP contribution >= 0.6 is 29.4 Å². The number of thiol groups is 1. The molecule has 0 spiro atoms. The van der Waals surface area contributed by atoms with Crippen molar-refractivity contribution in [2.75, 3.05) is 0 Å². The molecule has 1 unspecified atom stereocenters. The summed E-state index contributed by atoms with van der Waals surface area (Å²) in [6.07, 6.45) is 1.72. The van der Waals surface area contributed by atoms with Gasteiger partial charge in [-0.15, -0.1) is 0 Å². The Balaban J connectivity index is 0.00000242. The first kappa shape index (κ1) is 19.8. The molecule has 0 aliphatic carbocycles. The summed E-state index contributed by atoms with van der Waals surface area (Å²) < 4.78 is 18.4. The molecule has 1 atom stereocenters. The van der Waals surface area contributed by atoms with E-state index in [1.807, 2.05) is 55.5 Å². The minimum Gasteiger partial charge on any atom is -0.429 e. The molecule has 0 aliphatic rings. The van der Waals surface area contributed by atoms with E-state index in [0.717, 1.165) is 28.9 Å². The van der Waals surface area contributed by atoms with E-state index in [-0.39, 0.29) is 19.5 Å². The van der Waals surface area contributed by atoms with Crippen LogP contribution in [0.4, 0.5) is 0 Å². The first-order valence-electron chi connectivity index (χ1n) is 6.93. The molecule has 0 N–H and O–H groups in total. The van der Waals surface area contributed by atoms with Gasteiger partial charge < -0.3 is 4.52 Å². The number of benzene rings is 2. The summed E-state index contributed by atoms with van der Waals surface area (Å²) in [7, 11) is 0. The predicted octanol–water partition coefficient (Wildman–Crippen LogP) is 6.02. The Bertz CT molecular complexity index is 611. The third kappa shape index (κ3) is 5.46. The molecular formula is C16H19O2PS2Zn. The molecule has 0 heterocycles. The molecule has 2 rings (SSSR count). The number of aryl methyl sites for hydroxylation is 2. The SMILES string of the molecule is CCc1ccccc1OP(=O)(S)Sc1ccccc1CC.[Zn]. The predicted molar refractivity (Wildman–Crippen MR) is 94.7 cm³/mol. The molecule has 2 aromatic rings. The maximum Gasteiger partial charge on any atom is 0.361 e. The van der Waals surface area contributed by atoms with Crippen LogP contribution in [0.15, 0.2) is 53.4 Å². The fourth-order valence-corrected chi connectivity index (χ4v) is 5.91. The van der Waals surface area contributed by atoms with Crippen molar-refractivity contribution in [2.45, 2.75) is 31.6 Å². The second-order valence-electron chi connectivity index (χ2n) is 4.57. The molecule has 0 bridgehead atoms. The first-order chi connectivity index (χ1) is 10.1. The van der Waals surface area contributed by atoms with Crippen molar-refractivity contribution in [3.63, 3.8) is 0 Å². The van der Waals surface area contributed by atoms with Crippen LogP contribution in [-0.4, -0.2) is 0 Å². The van der Waals surface area contributed by atoms with Crippen LogP contribution < -0.4 is 4.52 Å². The van der Waals surface area contributed by atoms with E-state index in [2.05, 4.69) is 19.2 Å². The van der Waals surface area contributed by atoms with Gasteiger partial charge in [0.25, 0.3) is 0 Å². The summed E-state index contributed by atoms with van der Waals surface area (Å²) in [5.41, 5.74) is 2.19. The second-order valence-corrected chi connectivity index (χ2v) is 10.7. The van der Waals surface area contributed by atoms with Crippen molar-refractivity contribution in [1.82, 2.24) is 0 Å². The van der Waals surface area contributed by atoms with E-state index in [0.29, 0.717) is 5.75 Å². The third-order valence-electron chi connectivity index (χ3n) is 3.13. The van der Waals surface area contributed by atoms with Crippen LogP contribution in [0.1, 0.15) is 25.0 Å². The largest absolute Gasteiger partial charge is 0.429 e. The number of hydrogen-bond donors (Lipinski definition) is 1. The quantitative estimate of drug-likeness (QED) is 0.363. The van der Waals surface area contributed by atoms with Gasteiger partial charge in [-0.1, -0.05) is 62.5 Å². The van der Waals surface area contributed by atoms with Crippen LogP contribution in [0.5, 0.6) is 5.75 Å². The average molecular weight is 404 g/mol. The van der Waals surface area contributed by atoms with Crippen molar-refractivity contribution in [2.24, 2.45) is 0 Å². The zero-order valence-electron chi connectivity index (χ0n) is 12.9. The summed E-state index contributed by atoms with van der Waals surface area (Å²) >= 11 is 5.49. The van der Waals surface area contributed by atoms with E-state index >= 15 is 0 Å². The molecule has 0 saturated carbocycles. The zero-order chi connectivity index (χ0) is 15.3. The zero-order valence-corrected chi connectivity index (χ0v) is 18.4. The summed E-state index contributed by atoms with van der Waals surface area (Å²) in [6, 6.07) is 15.6. The Kier molecular flexibility index (Phi) is 8.28. The van der Waals surface area contributed by atoms with Crippen molar-refractivity contribution in [3.8, 4) is 5.75 Å². The Labute approximate surface area is 154 Å². The van der Waals surface area contributed by atoms with Gasteiger partial charge in [0.15, 0.2) is 0 Å². The third-order valence-corrected chi connectivity index (χ3v) is 6.87. The molecule has 0 aliphatic heterocycles. The van der Waals surface area contributed by atoms with Crippen LogP contribution in [0.3, 0.4) is 0 Å². The Morgan fingerprint density at radius 2 is 1.55 bits per heavy atom. The summed E-state index contributed by atoms with van der Waals surface area (Å²) in [5.74, 6) is -2.45. The van der Waals surface area contributed by atoms with Gasteiger partial charge in [0.05, 0.1) is 0 Å². The van der Waals surface area contributed by atoms with Gasteiger partial charge in [0.2, 0.25) is 0 Å². The van der Waals surface area contributed by atoms with Gasteiger partial charge in [0, 0.05) is 24.4 Å². The normalized spacial score (nSPS) is 13.0. The van der Waals surface area contributed by atoms with Gasteiger partial charge in [-0.05, 0) is 47.5 Å². The Hall–Kier alpha value is -0.207. The molecule has 114 valence electrons. The molecule has 0 fully saturated rings. The van der Waals surface area contributed by atoms with Gasteiger partial charge >= 0.3 is 5.77 Å². The molecule has 22 heavy (non-hydrogen) atoms. The number of para-hydroxylation sites is 1. The van der Waals surface area contributed by atoms with E-state index in [9.17, 15) is 4.57 Å². The van der Waals surface area contributed by atoms with Crippen LogP contribution in [0, 0.1) is 0 Å². The van der Waals surface area contributed by atoms with Gasteiger partial charge in [-0.3, -0.25) is 4.57 Å². The maximum atomic E-state index is 12.7. The standard InChI is InChI=1S/C16H19O2PS2.Zn/c1-3-13-9-5-7-11-15(13)18-19(17,20)21-16-12-8-6-10-14(16)4-2;/h5-12H,3-4H2,1-2H3,(H,17,20);. The fourth-order valence-electron chi connectivity index (χ4n) is 2.04. The minimum absolute atomic E-state index is 0. The second kappa shape index (κ2) is 9.18. The smallest absolute Gasteiger partial charge is 0.361 e. The molecule has 0 aromatic heterocycles. The molecule has 0 radical (unpaired) electrons. The summed E-state index contributed by atoms with van der Waals surface area (Å²) in [6.45, 7) is 4.13. The first-order valence-corrected chi connectivity index (χ1v) is 11.1. The summed E-state index contributed by atoms with van der Waals surface area (Å²) in [5, 5.41) is 0. The van der Waals surface area contributed by atoms with Crippen LogP contribution in [0.2, 0.25) is 0 Å². The molecular weight excluding hydrogens is 385 g/mol. The summed E-state index contributed by atoms with van der Waals surface area (Å²) in [4.78, 5) is 0.965. The van der Waals surface area contributed by atoms with E-state index in [4.69, 9.17) is 4.52 Å². The monoisotopic (exact) mass is 402 g/mol. The van der Waals surface area contributed by atoms with E-state index in [1.54, 1.807) is 0 Å². The average Bonchev–Trinajstić information content (AvgIpc) is 2.47. The minimum atomic E-state index is -3.11. The Morgan fingerprint density at radius 1 is 1.00 bits per heavy atom. The van der Waals surface area contributed by atoms with E-state index in [1.165, 1.54) is 11.4 Å².